The van der Waals surface area contributed by atoms with Gasteiger partial charge in [-0.25, -0.2) is 4.79 Å². The second-order valence-electron chi connectivity index (χ2n) is 7.56. The summed E-state index contributed by atoms with van der Waals surface area (Å²) in [7, 11) is 0. The molecule has 0 spiro atoms. The lowest BCUT2D eigenvalue weighted by Crippen LogP contribution is -2.56. The molecule has 22 heavy (non-hydrogen) atoms. The van der Waals surface area contributed by atoms with Crippen molar-refractivity contribution in [3.63, 3.8) is 0 Å². The first-order valence-electron chi connectivity index (χ1n) is 8.64. The number of rotatable bonds is 2. The standard InChI is InChI=1S/C17H31NO4/c1-17(2,3)22-16(20)18-10-11-21-12-14(18)15(19)13-8-6-4-5-7-9-13/h13-15,19H,4-12H2,1-3H3. The van der Waals surface area contributed by atoms with Gasteiger partial charge in [0.2, 0.25) is 0 Å². The van der Waals surface area contributed by atoms with Crippen LogP contribution in [0.2, 0.25) is 0 Å². The van der Waals surface area contributed by atoms with Crippen LogP contribution < -0.4 is 0 Å². The summed E-state index contributed by atoms with van der Waals surface area (Å²) < 4.78 is 11.0. The van der Waals surface area contributed by atoms with Crippen molar-refractivity contribution in [2.45, 2.75) is 77.0 Å². The first kappa shape index (κ1) is 17.5. The van der Waals surface area contributed by atoms with E-state index < -0.39 is 11.7 Å². The predicted molar refractivity (Wildman–Crippen MR) is 84.7 cm³/mol. The number of nitrogens with zero attached hydrogens (tertiary/aromatic N) is 1. The molecule has 1 N–H and O–H groups in total. The smallest absolute Gasteiger partial charge is 0.410 e. The van der Waals surface area contributed by atoms with Gasteiger partial charge in [-0.05, 0) is 39.5 Å². The molecule has 0 radical (unpaired) electrons. The first-order valence-corrected chi connectivity index (χ1v) is 8.64. The summed E-state index contributed by atoms with van der Waals surface area (Å²) in [6, 6.07) is -0.285. The monoisotopic (exact) mass is 313 g/mol. The van der Waals surface area contributed by atoms with Gasteiger partial charge in [-0.15, -0.1) is 0 Å². The molecule has 0 aromatic carbocycles. The highest BCUT2D eigenvalue weighted by atomic mass is 16.6. The molecule has 0 aromatic rings. The molecule has 2 fully saturated rings. The highest BCUT2D eigenvalue weighted by Gasteiger charge is 2.38. The number of amides is 1. The van der Waals surface area contributed by atoms with E-state index in [9.17, 15) is 9.90 Å². The second kappa shape index (κ2) is 7.64. The van der Waals surface area contributed by atoms with Crippen LogP contribution in [0.1, 0.15) is 59.3 Å². The number of ether oxygens (including phenoxy) is 2. The molecule has 1 saturated heterocycles. The summed E-state index contributed by atoms with van der Waals surface area (Å²) in [5.74, 6) is 0.263. The van der Waals surface area contributed by atoms with Gasteiger partial charge in [0.15, 0.2) is 0 Å². The molecule has 1 saturated carbocycles. The van der Waals surface area contributed by atoms with Crippen LogP contribution in [0.15, 0.2) is 0 Å². The molecule has 1 aliphatic heterocycles. The zero-order valence-corrected chi connectivity index (χ0v) is 14.2. The van der Waals surface area contributed by atoms with Crippen molar-refractivity contribution < 1.29 is 19.4 Å². The fourth-order valence-electron chi connectivity index (χ4n) is 3.42. The Kier molecular flexibility index (Phi) is 6.09. The van der Waals surface area contributed by atoms with Crippen molar-refractivity contribution in [1.29, 1.82) is 0 Å². The van der Waals surface area contributed by atoms with Crippen LogP contribution in [0.4, 0.5) is 4.79 Å². The SMILES string of the molecule is CC(C)(C)OC(=O)N1CCOCC1C(O)C1CCCCCC1. The van der Waals surface area contributed by atoms with Gasteiger partial charge in [0.25, 0.3) is 0 Å². The highest BCUT2D eigenvalue weighted by molar-refractivity contribution is 5.68. The fourth-order valence-corrected chi connectivity index (χ4v) is 3.42. The number of aliphatic hydroxyl groups is 1. The molecule has 0 bridgehead atoms. The summed E-state index contributed by atoms with van der Waals surface area (Å²) in [6.45, 7) is 6.99. The summed E-state index contributed by atoms with van der Waals surface area (Å²) in [4.78, 5) is 14.1. The van der Waals surface area contributed by atoms with Gasteiger partial charge < -0.3 is 14.6 Å². The van der Waals surface area contributed by atoms with E-state index in [1.54, 1.807) is 4.90 Å². The van der Waals surface area contributed by atoms with E-state index in [1.807, 2.05) is 20.8 Å². The maximum absolute atomic E-state index is 12.4. The van der Waals surface area contributed by atoms with E-state index >= 15 is 0 Å². The molecule has 2 unspecified atom stereocenters. The Balaban J connectivity index is 2.03. The van der Waals surface area contributed by atoms with Gasteiger partial charge in [-0.2, -0.15) is 0 Å². The summed E-state index contributed by atoms with van der Waals surface area (Å²) >= 11 is 0. The van der Waals surface area contributed by atoms with Gasteiger partial charge in [-0.1, -0.05) is 25.7 Å². The Labute approximate surface area is 134 Å². The number of hydrogen-bond acceptors (Lipinski definition) is 4. The minimum atomic E-state index is -0.522. The highest BCUT2D eigenvalue weighted by Crippen LogP contribution is 2.29. The molecule has 2 aliphatic rings. The Morgan fingerprint density at radius 3 is 2.45 bits per heavy atom. The molecule has 2 atom stereocenters. The van der Waals surface area contributed by atoms with Crippen LogP contribution in [0.3, 0.4) is 0 Å². The van der Waals surface area contributed by atoms with Gasteiger partial charge in [0, 0.05) is 6.54 Å². The van der Waals surface area contributed by atoms with Crippen LogP contribution in [-0.2, 0) is 9.47 Å². The molecule has 5 nitrogen and oxygen atoms in total. The maximum atomic E-state index is 12.4. The molecule has 2 rings (SSSR count). The van der Waals surface area contributed by atoms with Crippen LogP contribution in [-0.4, -0.2) is 53.6 Å². The van der Waals surface area contributed by atoms with Gasteiger partial charge >= 0.3 is 6.09 Å². The zero-order chi connectivity index (χ0) is 16.2. The summed E-state index contributed by atoms with van der Waals surface area (Å²) in [6.07, 6.45) is 6.06. The van der Waals surface area contributed by atoms with E-state index in [2.05, 4.69) is 0 Å². The normalized spacial score (nSPS) is 26.4. The molecular formula is C17H31NO4. The van der Waals surface area contributed by atoms with Crippen molar-refractivity contribution >= 4 is 6.09 Å². The van der Waals surface area contributed by atoms with Gasteiger partial charge in [0.05, 0.1) is 25.4 Å². The molecule has 1 aliphatic carbocycles. The van der Waals surface area contributed by atoms with Crippen LogP contribution in [0.5, 0.6) is 0 Å². The van der Waals surface area contributed by atoms with Crippen molar-refractivity contribution in [2.24, 2.45) is 5.92 Å². The number of carbonyl (C=O) groups excluding carboxylic acids is 1. The Morgan fingerprint density at radius 1 is 1.23 bits per heavy atom. The molecule has 1 heterocycles. The topological polar surface area (TPSA) is 59.0 Å². The van der Waals surface area contributed by atoms with Crippen molar-refractivity contribution in [2.75, 3.05) is 19.8 Å². The third-order valence-corrected chi connectivity index (χ3v) is 4.57. The molecule has 128 valence electrons. The van der Waals surface area contributed by atoms with Gasteiger partial charge in [-0.3, -0.25) is 4.90 Å². The van der Waals surface area contributed by atoms with Crippen LogP contribution >= 0.6 is 0 Å². The van der Waals surface area contributed by atoms with Crippen LogP contribution in [0, 0.1) is 5.92 Å². The van der Waals surface area contributed by atoms with E-state index in [4.69, 9.17) is 9.47 Å². The quantitative estimate of drug-likeness (QED) is 0.796. The largest absolute Gasteiger partial charge is 0.444 e. The van der Waals surface area contributed by atoms with Gasteiger partial charge in [0.1, 0.15) is 5.60 Å². The predicted octanol–water partition coefficient (Wildman–Crippen LogP) is 2.95. The Bertz CT molecular complexity index is 358. The lowest BCUT2D eigenvalue weighted by molar-refractivity contribution is -0.0808. The fraction of sp³-hybridized carbons (Fsp3) is 0.941. The van der Waals surface area contributed by atoms with Crippen molar-refractivity contribution in [3.05, 3.63) is 0 Å². The molecule has 1 amide bonds. The third kappa shape index (κ3) is 4.85. The maximum Gasteiger partial charge on any atom is 0.410 e. The van der Waals surface area contributed by atoms with Crippen LogP contribution in [0.25, 0.3) is 0 Å². The van der Waals surface area contributed by atoms with E-state index in [0.29, 0.717) is 19.8 Å². The van der Waals surface area contributed by atoms with Crippen molar-refractivity contribution in [3.8, 4) is 0 Å². The van der Waals surface area contributed by atoms with E-state index in [0.717, 1.165) is 12.8 Å². The average Bonchev–Trinajstić information content (AvgIpc) is 2.74. The summed E-state index contributed by atoms with van der Waals surface area (Å²) in [5.41, 5.74) is -0.521. The number of carbonyl (C=O) groups is 1. The number of morpholine rings is 1. The summed E-state index contributed by atoms with van der Waals surface area (Å²) in [5, 5.41) is 10.8. The average molecular weight is 313 g/mol. The van der Waals surface area contributed by atoms with E-state index in [1.165, 1.54) is 25.7 Å². The number of hydrogen-bond donors (Lipinski definition) is 1. The second-order valence-corrected chi connectivity index (χ2v) is 7.56. The molecule has 0 aromatic heterocycles. The minimum Gasteiger partial charge on any atom is -0.444 e. The van der Waals surface area contributed by atoms with Crippen molar-refractivity contribution in [1.82, 2.24) is 4.90 Å². The number of aliphatic hydroxyl groups excluding tert-OH is 1. The Hall–Kier alpha value is -0.810. The van der Waals surface area contributed by atoms with E-state index in [-0.39, 0.29) is 18.1 Å². The molecule has 5 heteroatoms. The lowest BCUT2D eigenvalue weighted by atomic mass is 9.89. The molecular weight excluding hydrogens is 282 g/mol. The third-order valence-electron chi connectivity index (χ3n) is 4.57. The minimum absolute atomic E-state index is 0.263. The Morgan fingerprint density at radius 2 is 1.86 bits per heavy atom. The lowest BCUT2D eigenvalue weighted by Gasteiger charge is -2.41. The zero-order valence-electron chi connectivity index (χ0n) is 14.2. The first-order chi connectivity index (χ1) is 10.4.